The van der Waals surface area contributed by atoms with E-state index in [4.69, 9.17) is 11.6 Å². The predicted molar refractivity (Wildman–Crippen MR) is 74.3 cm³/mol. The second-order valence-electron chi connectivity index (χ2n) is 4.36. The zero-order valence-corrected chi connectivity index (χ0v) is 11.4. The lowest BCUT2D eigenvalue weighted by molar-refractivity contribution is 0.627. The van der Waals surface area contributed by atoms with Crippen molar-refractivity contribution in [3.63, 3.8) is 0 Å². The summed E-state index contributed by atoms with van der Waals surface area (Å²) in [6.45, 7) is 2.38. The average molecular weight is 292 g/mol. The van der Waals surface area contributed by atoms with Crippen molar-refractivity contribution in [3.05, 3.63) is 52.7 Å². The fraction of sp³-hybridized carbons (Fsp3) is 0.154. The largest absolute Gasteiger partial charge is 0.366 e. The summed E-state index contributed by atoms with van der Waals surface area (Å²) in [4.78, 5) is 8.31. The summed E-state index contributed by atoms with van der Waals surface area (Å²) in [5.74, 6) is 0.879. The number of aryl methyl sites for hydroxylation is 1. The molecule has 0 atom stereocenters. The molecule has 0 spiro atoms. The summed E-state index contributed by atoms with van der Waals surface area (Å²) in [5.41, 5.74) is 1.71. The molecule has 3 rings (SSSR count). The summed E-state index contributed by atoms with van der Waals surface area (Å²) in [6, 6.07) is 6.49. The quantitative estimate of drug-likeness (QED) is 0.806. The van der Waals surface area contributed by atoms with Gasteiger partial charge in [0, 0.05) is 18.3 Å². The van der Waals surface area contributed by atoms with Crippen molar-refractivity contribution in [3.8, 4) is 0 Å². The molecule has 0 fully saturated rings. The Morgan fingerprint density at radius 3 is 3.00 bits per heavy atom. The number of hydrogen-bond donors (Lipinski definition) is 1. The van der Waals surface area contributed by atoms with Crippen LogP contribution in [0.15, 0.2) is 30.6 Å². The molecule has 5 nitrogen and oxygen atoms in total. The Morgan fingerprint density at radius 1 is 1.35 bits per heavy atom. The van der Waals surface area contributed by atoms with E-state index in [1.54, 1.807) is 16.6 Å². The summed E-state index contributed by atoms with van der Waals surface area (Å²) < 4.78 is 14.7. The summed E-state index contributed by atoms with van der Waals surface area (Å²) in [7, 11) is 0. The zero-order valence-electron chi connectivity index (χ0n) is 10.6. The number of anilines is 1. The van der Waals surface area contributed by atoms with Gasteiger partial charge < -0.3 is 5.32 Å². The van der Waals surface area contributed by atoms with Crippen LogP contribution >= 0.6 is 11.6 Å². The average Bonchev–Trinajstić information content (AvgIpc) is 2.88. The Hall–Kier alpha value is -2.21. The predicted octanol–water partition coefficient (Wildman–Crippen LogP) is 2.84. The van der Waals surface area contributed by atoms with Gasteiger partial charge in [-0.3, -0.25) is 0 Å². The molecule has 1 N–H and O–H groups in total. The smallest absolute Gasteiger partial charge is 0.254 e. The molecule has 20 heavy (non-hydrogen) atoms. The molecule has 7 heteroatoms. The van der Waals surface area contributed by atoms with E-state index < -0.39 is 5.82 Å². The zero-order chi connectivity index (χ0) is 14.1. The van der Waals surface area contributed by atoms with Crippen LogP contribution in [0.3, 0.4) is 0 Å². The lowest BCUT2D eigenvalue weighted by Crippen LogP contribution is -2.07. The Bertz CT molecular complexity index is 771. The Kier molecular flexibility index (Phi) is 3.23. The van der Waals surface area contributed by atoms with Crippen LogP contribution in [0.5, 0.6) is 0 Å². The molecule has 1 aromatic carbocycles. The van der Waals surface area contributed by atoms with E-state index in [2.05, 4.69) is 20.4 Å². The van der Waals surface area contributed by atoms with Gasteiger partial charge in [0.1, 0.15) is 18.0 Å². The molecule has 2 aromatic heterocycles. The number of halogens is 2. The molecule has 0 bridgehead atoms. The van der Waals surface area contributed by atoms with Crippen molar-refractivity contribution in [1.29, 1.82) is 0 Å². The fourth-order valence-electron chi connectivity index (χ4n) is 1.90. The second kappa shape index (κ2) is 5.05. The standard InChI is InChI=1S/C13H11ClFN5/c1-8-4-12(20-13(19-8)17-7-18-20)16-6-9-2-3-11(15)10(14)5-9/h2-5,7,16H,6H2,1H3. The number of fused-ring (bicyclic) bond motifs is 1. The maximum absolute atomic E-state index is 13.1. The highest BCUT2D eigenvalue weighted by Gasteiger charge is 2.06. The highest BCUT2D eigenvalue weighted by Crippen LogP contribution is 2.17. The molecular weight excluding hydrogens is 281 g/mol. The third-order valence-corrected chi connectivity index (χ3v) is 3.13. The Balaban J connectivity index is 1.86. The molecule has 0 aliphatic heterocycles. The van der Waals surface area contributed by atoms with Crippen LogP contribution in [-0.4, -0.2) is 19.6 Å². The summed E-state index contributed by atoms with van der Waals surface area (Å²) in [6.07, 6.45) is 1.45. The number of hydrogen-bond acceptors (Lipinski definition) is 4. The fourth-order valence-corrected chi connectivity index (χ4v) is 2.10. The number of aromatic nitrogens is 4. The number of rotatable bonds is 3. The monoisotopic (exact) mass is 291 g/mol. The maximum atomic E-state index is 13.1. The van der Waals surface area contributed by atoms with Crippen molar-refractivity contribution in [2.75, 3.05) is 5.32 Å². The van der Waals surface area contributed by atoms with Gasteiger partial charge in [0.25, 0.3) is 5.78 Å². The van der Waals surface area contributed by atoms with Crippen LogP contribution in [0, 0.1) is 12.7 Å². The second-order valence-corrected chi connectivity index (χ2v) is 4.76. The van der Waals surface area contributed by atoms with E-state index in [0.29, 0.717) is 12.3 Å². The normalized spacial score (nSPS) is 10.9. The van der Waals surface area contributed by atoms with Crippen molar-refractivity contribution < 1.29 is 4.39 Å². The van der Waals surface area contributed by atoms with Gasteiger partial charge in [-0.05, 0) is 24.6 Å². The molecule has 0 saturated heterocycles. The SMILES string of the molecule is Cc1cc(NCc2ccc(F)c(Cl)c2)n2ncnc2n1. The minimum absolute atomic E-state index is 0.112. The van der Waals surface area contributed by atoms with Gasteiger partial charge in [-0.1, -0.05) is 17.7 Å². The first-order chi connectivity index (χ1) is 9.63. The van der Waals surface area contributed by atoms with Gasteiger partial charge in [0.15, 0.2) is 0 Å². The third kappa shape index (κ3) is 2.42. The first-order valence-electron chi connectivity index (χ1n) is 5.98. The molecule has 3 aromatic rings. The Labute approximate surface area is 119 Å². The van der Waals surface area contributed by atoms with Crippen molar-refractivity contribution in [2.24, 2.45) is 0 Å². The molecule has 0 radical (unpaired) electrons. The van der Waals surface area contributed by atoms with Crippen LogP contribution in [0.2, 0.25) is 5.02 Å². The van der Waals surface area contributed by atoms with Gasteiger partial charge in [0.2, 0.25) is 0 Å². The first-order valence-corrected chi connectivity index (χ1v) is 6.36. The molecular formula is C13H11ClFN5. The van der Waals surface area contributed by atoms with Crippen LogP contribution in [-0.2, 0) is 6.54 Å². The van der Waals surface area contributed by atoms with Crippen LogP contribution in [0.4, 0.5) is 10.2 Å². The van der Waals surface area contributed by atoms with E-state index >= 15 is 0 Å². The van der Waals surface area contributed by atoms with E-state index in [1.165, 1.54) is 12.4 Å². The highest BCUT2D eigenvalue weighted by atomic mass is 35.5. The number of nitrogens with zero attached hydrogens (tertiary/aromatic N) is 4. The van der Waals surface area contributed by atoms with Crippen molar-refractivity contribution in [2.45, 2.75) is 13.5 Å². The van der Waals surface area contributed by atoms with Crippen LogP contribution in [0.25, 0.3) is 5.78 Å². The van der Waals surface area contributed by atoms with Crippen LogP contribution in [0.1, 0.15) is 11.3 Å². The van der Waals surface area contributed by atoms with E-state index in [9.17, 15) is 4.39 Å². The lowest BCUT2D eigenvalue weighted by Gasteiger charge is -2.09. The van der Waals surface area contributed by atoms with Crippen molar-refractivity contribution in [1.82, 2.24) is 19.6 Å². The summed E-state index contributed by atoms with van der Waals surface area (Å²) in [5, 5.41) is 7.43. The van der Waals surface area contributed by atoms with Crippen LogP contribution < -0.4 is 5.32 Å². The molecule has 2 heterocycles. The highest BCUT2D eigenvalue weighted by molar-refractivity contribution is 6.30. The number of nitrogens with one attached hydrogen (secondary N) is 1. The molecule has 102 valence electrons. The van der Waals surface area contributed by atoms with E-state index in [-0.39, 0.29) is 5.02 Å². The van der Waals surface area contributed by atoms with E-state index in [1.807, 2.05) is 13.0 Å². The van der Waals surface area contributed by atoms with Gasteiger partial charge >= 0.3 is 0 Å². The molecule has 0 aliphatic carbocycles. The van der Waals surface area contributed by atoms with Crippen molar-refractivity contribution >= 4 is 23.2 Å². The molecule has 0 saturated carbocycles. The van der Waals surface area contributed by atoms with Gasteiger partial charge in [-0.25, -0.2) is 9.37 Å². The minimum Gasteiger partial charge on any atom is -0.366 e. The van der Waals surface area contributed by atoms with E-state index in [0.717, 1.165) is 17.1 Å². The van der Waals surface area contributed by atoms with Gasteiger partial charge in [-0.15, -0.1) is 0 Å². The topological polar surface area (TPSA) is 55.1 Å². The molecule has 0 unspecified atom stereocenters. The molecule has 0 amide bonds. The van der Waals surface area contributed by atoms with Gasteiger partial charge in [-0.2, -0.15) is 14.6 Å². The number of benzene rings is 1. The lowest BCUT2D eigenvalue weighted by atomic mass is 10.2. The maximum Gasteiger partial charge on any atom is 0.254 e. The Morgan fingerprint density at radius 2 is 2.20 bits per heavy atom. The minimum atomic E-state index is -0.422. The summed E-state index contributed by atoms with van der Waals surface area (Å²) >= 11 is 5.76. The molecule has 0 aliphatic rings. The van der Waals surface area contributed by atoms with Gasteiger partial charge in [0.05, 0.1) is 5.02 Å². The third-order valence-electron chi connectivity index (χ3n) is 2.84. The first kappa shape index (κ1) is 12.8.